The number of carbonyl (C=O) groups excluding carboxylic acids is 2. The molecule has 0 saturated carbocycles. The van der Waals surface area contributed by atoms with Gasteiger partial charge in [-0.15, -0.1) is 0 Å². The molecule has 10 nitrogen and oxygen atoms in total. The van der Waals surface area contributed by atoms with Gasteiger partial charge < -0.3 is 20.2 Å². The molecule has 0 fully saturated rings. The molecule has 2 aromatic carbocycles. The van der Waals surface area contributed by atoms with Crippen LogP contribution in [-0.2, 0) is 16.0 Å². The van der Waals surface area contributed by atoms with Gasteiger partial charge in [0, 0.05) is 18.6 Å². The summed E-state index contributed by atoms with van der Waals surface area (Å²) in [5.41, 5.74) is 0.638. The average molecular weight is 528 g/mol. The van der Waals surface area contributed by atoms with Gasteiger partial charge in [-0.1, -0.05) is 30.3 Å². The van der Waals surface area contributed by atoms with E-state index < -0.39 is 28.7 Å². The Morgan fingerprint density at radius 1 is 1.06 bits per heavy atom. The summed E-state index contributed by atoms with van der Waals surface area (Å²) in [4.78, 5) is 47.6. The molecule has 0 aliphatic rings. The summed E-state index contributed by atoms with van der Waals surface area (Å²) in [5, 5.41) is 25.3. The minimum Gasteiger partial charge on any atom is -0.480 e. The molecule has 0 aliphatic carbocycles. The first-order valence-electron chi connectivity index (χ1n) is 9.83. The van der Waals surface area contributed by atoms with E-state index in [0.29, 0.717) is 15.8 Å². The lowest BCUT2D eigenvalue weighted by atomic mass is 10.1. The molecule has 3 rings (SSSR count). The zero-order valence-electron chi connectivity index (χ0n) is 17.4. The van der Waals surface area contributed by atoms with Crippen molar-refractivity contribution in [2.75, 3.05) is 0 Å². The van der Waals surface area contributed by atoms with Crippen LogP contribution in [-0.4, -0.2) is 33.9 Å². The van der Waals surface area contributed by atoms with Gasteiger partial charge in [0.25, 0.3) is 17.5 Å². The van der Waals surface area contributed by atoms with E-state index in [9.17, 15) is 29.6 Å². The number of hydrogen-bond donors (Lipinski definition) is 3. The number of non-ortho nitro benzene ring substituents is 1. The first kappa shape index (κ1) is 24.4. The van der Waals surface area contributed by atoms with Crippen LogP contribution in [0.4, 0.5) is 5.69 Å². The number of halogens is 1. The predicted molar refractivity (Wildman–Crippen MR) is 125 cm³/mol. The third-order valence-corrected chi connectivity index (χ3v) is 5.02. The predicted octanol–water partition coefficient (Wildman–Crippen LogP) is 3.53. The number of carboxylic acid groups (broad SMARTS) is 1. The molecule has 0 radical (unpaired) electrons. The molecule has 34 heavy (non-hydrogen) atoms. The molecule has 1 heterocycles. The highest BCUT2D eigenvalue weighted by Crippen LogP contribution is 2.16. The number of carbonyl (C=O) groups is 3. The SMILES string of the molecule is O=C(NC(Cc1ccccc1)C(=O)O)C(=Cc1ccc([N+](=O)[O-])cc1)NC(=O)c1ccc(Br)o1. The van der Waals surface area contributed by atoms with Gasteiger partial charge in [0.1, 0.15) is 11.7 Å². The van der Waals surface area contributed by atoms with E-state index in [1.807, 2.05) is 0 Å². The maximum Gasteiger partial charge on any atom is 0.326 e. The summed E-state index contributed by atoms with van der Waals surface area (Å²) in [7, 11) is 0. The molecular formula is C23H18BrN3O7. The molecule has 0 saturated heterocycles. The van der Waals surface area contributed by atoms with Gasteiger partial charge >= 0.3 is 5.97 Å². The maximum atomic E-state index is 13.0. The molecule has 1 unspecified atom stereocenters. The van der Waals surface area contributed by atoms with Gasteiger partial charge in [-0.2, -0.15) is 0 Å². The van der Waals surface area contributed by atoms with Crippen LogP contribution in [0.5, 0.6) is 0 Å². The molecule has 0 spiro atoms. The number of nitro groups is 1. The number of carboxylic acids is 1. The van der Waals surface area contributed by atoms with Crippen LogP contribution in [0, 0.1) is 10.1 Å². The van der Waals surface area contributed by atoms with Crippen LogP contribution in [0.1, 0.15) is 21.7 Å². The van der Waals surface area contributed by atoms with E-state index in [1.54, 1.807) is 30.3 Å². The molecule has 3 N–H and O–H groups in total. The van der Waals surface area contributed by atoms with Crippen molar-refractivity contribution in [3.8, 4) is 0 Å². The lowest BCUT2D eigenvalue weighted by Crippen LogP contribution is -2.45. The molecular weight excluding hydrogens is 510 g/mol. The Hall–Kier alpha value is -4.25. The second-order valence-electron chi connectivity index (χ2n) is 7.02. The van der Waals surface area contributed by atoms with Gasteiger partial charge in [0.2, 0.25) is 0 Å². The fourth-order valence-corrected chi connectivity index (χ4v) is 3.23. The third kappa shape index (κ3) is 6.62. The van der Waals surface area contributed by atoms with Gasteiger partial charge in [-0.3, -0.25) is 19.7 Å². The number of amides is 2. The number of rotatable bonds is 9. The topological polar surface area (TPSA) is 152 Å². The maximum absolute atomic E-state index is 13.0. The molecule has 174 valence electrons. The summed E-state index contributed by atoms with van der Waals surface area (Å²) in [6.07, 6.45) is 1.29. The number of nitrogens with one attached hydrogen (secondary N) is 2. The van der Waals surface area contributed by atoms with Crippen molar-refractivity contribution in [1.82, 2.24) is 10.6 Å². The summed E-state index contributed by atoms with van der Waals surface area (Å²) in [5.74, 6) is -2.95. The van der Waals surface area contributed by atoms with Crippen molar-refractivity contribution in [1.29, 1.82) is 0 Å². The standard InChI is InChI=1S/C23H18BrN3O7/c24-20-11-10-19(34-20)22(29)25-17(12-15-6-8-16(9-7-15)27(32)33)21(28)26-18(23(30)31)13-14-4-2-1-3-5-14/h1-12,18H,13H2,(H,25,29)(H,26,28)(H,30,31). The van der Waals surface area contributed by atoms with E-state index in [4.69, 9.17) is 4.42 Å². The molecule has 3 aromatic rings. The average Bonchev–Trinajstić information content (AvgIpc) is 3.25. The fourth-order valence-electron chi connectivity index (χ4n) is 2.92. The van der Waals surface area contributed by atoms with Crippen molar-refractivity contribution < 1.29 is 28.8 Å². The van der Waals surface area contributed by atoms with Crippen LogP contribution < -0.4 is 10.6 Å². The summed E-state index contributed by atoms with van der Waals surface area (Å²) in [6.45, 7) is 0. The van der Waals surface area contributed by atoms with Crippen LogP contribution in [0.25, 0.3) is 6.08 Å². The lowest BCUT2D eigenvalue weighted by molar-refractivity contribution is -0.384. The first-order valence-corrected chi connectivity index (χ1v) is 10.6. The Bertz CT molecular complexity index is 1240. The van der Waals surface area contributed by atoms with Crippen molar-refractivity contribution in [3.05, 3.63) is 104 Å². The van der Waals surface area contributed by atoms with Gasteiger partial charge in [0.05, 0.1) is 4.92 Å². The number of aliphatic carboxylic acids is 1. The third-order valence-electron chi connectivity index (χ3n) is 4.59. The zero-order chi connectivity index (χ0) is 24.7. The van der Waals surface area contributed by atoms with Crippen molar-refractivity contribution in [3.63, 3.8) is 0 Å². The zero-order valence-corrected chi connectivity index (χ0v) is 19.0. The van der Waals surface area contributed by atoms with E-state index in [0.717, 1.165) is 0 Å². The lowest BCUT2D eigenvalue weighted by Gasteiger charge is -2.16. The second kappa shape index (κ2) is 11.1. The molecule has 11 heteroatoms. The molecule has 1 atom stereocenters. The Balaban J connectivity index is 1.87. The Morgan fingerprint density at radius 2 is 1.74 bits per heavy atom. The highest BCUT2D eigenvalue weighted by atomic mass is 79.9. The van der Waals surface area contributed by atoms with Gasteiger partial charge in [-0.25, -0.2) is 4.79 Å². The van der Waals surface area contributed by atoms with Gasteiger partial charge in [0.15, 0.2) is 10.4 Å². The van der Waals surface area contributed by atoms with E-state index in [2.05, 4.69) is 26.6 Å². The van der Waals surface area contributed by atoms with Crippen LogP contribution in [0.15, 0.2) is 81.5 Å². The number of benzene rings is 2. The molecule has 2 amide bonds. The first-order chi connectivity index (χ1) is 16.2. The van der Waals surface area contributed by atoms with E-state index >= 15 is 0 Å². The number of nitro benzene ring substituents is 1. The minimum absolute atomic E-state index is 0.0196. The largest absolute Gasteiger partial charge is 0.480 e. The highest BCUT2D eigenvalue weighted by molar-refractivity contribution is 9.10. The van der Waals surface area contributed by atoms with Crippen molar-refractivity contribution in [2.24, 2.45) is 0 Å². The van der Waals surface area contributed by atoms with Gasteiger partial charge in [-0.05, 0) is 57.4 Å². The smallest absolute Gasteiger partial charge is 0.326 e. The molecule has 0 bridgehead atoms. The van der Waals surface area contributed by atoms with E-state index in [-0.39, 0.29) is 23.6 Å². The minimum atomic E-state index is -1.27. The van der Waals surface area contributed by atoms with Crippen molar-refractivity contribution in [2.45, 2.75) is 12.5 Å². The second-order valence-corrected chi connectivity index (χ2v) is 7.80. The van der Waals surface area contributed by atoms with Crippen LogP contribution in [0.2, 0.25) is 0 Å². The summed E-state index contributed by atoms with van der Waals surface area (Å²) in [6, 6.07) is 15.6. The Kier molecular flexibility index (Phi) is 7.93. The van der Waals surface area contributed by atoms with Crippen LogP contribution in [0.3, 0.4) is 0 Å². The Labute approximate surface area is 201 Å². The molecule has 1 aromatic heterocycles. The molecule has 0 aliphatic heterocycles. The van der Waals surface area contributed by atoms with Crippen molar-refractivity contribution >= 4 is 45.5 Å². The number of furan rings is 1. The normalized spacial score (nSPS) is 12.0. The fraction of sp³-hybridized carbons (Fsp3) is 0.0870. The number of hydrogen-bond acceptors (Lipinski definition) is 6. The van der Waals surface area contributed by atoms with Crippen LogP contribution >= 0.6 is 15.9 Å². The summed E-state index contributed by atoms with van der Waals surface area (Å²) < 4.78 is 5.50. The quantitative estimate of drug-likeness (QED) is 0.218. The monoisotopic (exact) mass is 527 g/mol. The highest BCUT2D eigenvalue weighted by Gasteiger charge is 2.24. The number of nitrogens with zero attached hydrogens (tertiary/aromatic N) is 1. The van der Waals surface area contributed by atoms with E-state index in [1.165, 1.54) is 42.5 Å². The Morgan fingerprint density at radius 3 is 2.29 bits per heavy atom. The summed E-state index contributed by atoms with van der Waals surface area (Å²) >= 11 is 3.09.